The fraction of sp³-hybridized carbons (Fsp3) is 0.875. The molecule has 1 amide bonds. The minimum atomic E-state index is 0.0994. The summed E-state index contributed by atoms with van der Waals surface area (Å²) in [6.07, 6.45) is 1.44. The van der Waals surface area contributed by atoms with E-state index in [0.29, 0.717) is 12.5 Å². The van der Waals surface area contributed by atoms with Gasteiger partial charge in [0.2, 0.25) is 5.91 Å². The van der Waals surface area contributed by atoms with Crippen LogP contribution in [0.3, 0.4) is 0 Å². The highest BCUT2D eigenvalue weighted by Crippen LogP contribution is 2.01. The van der Waals surface area contributed by atoms with Crippen LogP contribution in [0.2, 0.25) is 0 Å². The molecule has 4 heteroatoms. The normalized spacial score (nSPS) is 23.6. The zero-order chi connectivity index (χ0) is 8.81. The van der Waals surface area contributed by atoms with Crippen LogP contribution in [0.25, 0.3) is 0 Å². The maximum absolute atomic E-state index is 10.9. The molecule has 1 aliphatic heterocycles. The van der Waals surface area contributed by atoms with E-state index in [1.54, 1.807) is 7.05 Å². The van der Waals surface area contributed by atoms with Crippen LogP contribution in [0.5, 0.6) is 0 Å². The summed E-state index contributed by atoms with van der Waals surface area (Å²) in [4.78, 5) is 10.9. The molecule has 1 rings (SSSR count). The zero-order valence-electron chi connectivity index (χ0n) is 7.43. The van der Waals surface area contributed by atoms with Gasteiger partial charge in [0.1, 0.15) is 0 Å². The lowest BCUT2D eigenvalue weighted by atomic mass is 10.1. The Hall–Kier alpha value is -0.610. The van der Waals surface area contributed by atoms with Crippen molar-refractivity contribution < 1.29 is 9.53 Å². The first-order valence-electron chi connectivity index (χ1n) is 4.34. The molecule has 0 aromatic heterocycles. The van der Waals surface area contributed by atoms with Gasteiger partial charge in [-0.25, -0.2) is 0 Å². The van der Waals surface area contributed by atoms with Crippen LogP contribution in [0, 0.1) is 0 Å². The van der Waals surface area contributed by atoms with E-state index in [1.807, 2.05) is 0 Å². The number of rotatable bonds is 3. The number of hydrogen-bond acceptors (Lipinski definition) is 3. The third kappa shape index (κ3) is 3.19. The fourth-order valence-corrected chi connectivity index (χ4v) is 1.24. The van der Waals surface area contributed by atoms with Gasteiger partial charge in [-0.15, -0.1) is 0 Å². The lowest BCUT2D eigenvalue weighted by Gasteiger charge is -2.23. The van der Waals surface area contributed by atoms with Gasteiger partial charge in [-0.1, -0.05) is 0 Å². The highest BCUT2D eigenvalue weighted by Gasteiger charge is 2.13. The van der Waals surface area contributed by atoms with Crippen LogP contribution in [0.15, 0.2) is 0 Å². The van der Waals surface area contributed by atoms with E-state index in [-0.39, 0.29) is 5.91 Å². The van der Waals surface area contributed by atoms with Crippen LogP contribution in [0.4, 0.5) is 0 Å². The predicted molar refractivity (Wildman–Crippen MR) is 45.9 cm³/mol. The number of carbonyl (C=O) groups excluding carboxylic acids is 1. The lowest BCUT2D eigenvalue weighted by molar-refractivity contribution is -0.120. The molecule has 1 fully saturated rings. The third-order valence-corrected chi connectivity index (χ3v) is 2.00. The molecule has 0 aromatic rings. The lowest BCUT2D eigenvalue weighted by Crippen LogP contribution is -2.41. The Bertz CT molecular complexity index is 144. The number of carbonyl (C=O) groups is 1. The Morgan fingerprint density at radius 2 is 2.58 bits per heavy atom. The average molecular weight is 172 g/mol. The van der Waals surface area contributed by atoms with Crippen LogP contribution in [0.1, 0.15) is 12.8 Å². The first kappa shape index (κ1) is 9.48. The van der Waals surface area contributed by atoms with Gasteiger partial charge in [-0.3, -0.25) is 4.79 Å². The number of amides is 1. The van der Waals surface area contributed by atoms with Crippen molar-refractivity contribution in [1.29, 1.82) is 0 Å². The van der Waals surface area contributed by atoms with Crippen LogP contribution in [-0.4, -0.2) is 38.8 Å². The molecule has 0 aromatic carbocycles. The van der Waals surface area contributed by atoms with Crippen molar-refractivity contribution in [2.45, 2.75) is 18.9 Å². The molecular weight excluding hydrogens is 156 g/mol. The summed E-state index contributed by atoms with van der Waals surface area (Å²) in [6, 6.07) is 0.357. The molecule has 0 radical (unpaired) electrons. The second-order valence-corrected chi connectivity index (χ2v) is 2.94. The van der Waals surface area contributed by atoms with E-state index in [9.17, 15) is 4.79 Å². The molecule has 1 heterocycles. The SMILES string of the molecule is CNC(=O)CCC1COCCN1. The molecule has 0 bridgehead atoms. The minimum Gasteiger partial charge on any atom is -0.379 e. The molecule has 70 valence electrons. The van der Waals surface area contributed by atoms with Crippen molar-refractivity contribution in [2.75, 3.05) is 26.8 Å². The quantitative estimate of drug-likeness (QED) is 0.603. The van der Waals surface area contributed by atoms with Crippen molar-refractivity contribution in [1.82, 2.24) is 10.6 Å². The highest BCUT2D eigenvalue weighted by molar-refractivity contribution is 5.75. The van der Waals surface area contributed by atoms with Crippen molar-refractivity contribution in [3.8, 4) is 0 Å². The fourth-order valence-electron chi connectivity index (χ4n) is 1.24. The molecule has 4 nitrogen and oxygen atoms in total. The maximum atomic E-state index is 10.9. The standard InChI is InChI=1S/C8H16N2O2/c1-9-8(11)3-2-7-6-12-5-4-10-7/h7,10H,2-6H2,1H3,(H,9,11). The molecule has 0 saturated carbocycles. The van der Waals surface area contributed by atoms with Gasteiger partial charge >= 0.3 is 0 Å². The van der Waals surface area contributed by atoms with Crippen molar-refractivity contribution in [2.24, 2.45) is 0 Å². The molecule has 2 N–H and O–H groups in total. The van der Waals surface area contributed by atoms with Crippen LogP contribution in [-0.2, 0) is 9.53 Å². The Morgan fingerprint density at radius 3 is 3.17 bits per heavy atom. The Morgan fingerprint density at radius 1 is 1.75 bits per heavy atom. The smallest absolute Gasteiger partial charge is 0.219 e. The number of ether oxygens (including phenoxy) is 1. The monoisotopic (exact) mass is 172 g/mol. The zero-order valence-corrected chi connectivity index (χ0v) is 7.43. The van der Waals surface area contributed by atoms with Gasteiger partial charge in [-0.05, 0) is 6.42 Å². The van der Waals surface area contributed by atoms with Crippen LogP contribution < -0.4 is 10.6 Å². The Labute approximate surface area is 72.7 Å². The van der Waals surface area contributed by atoms with E-state index in [0.717, 1.165) is 26.2 Å². The molecule has 1 saturated heterocycles. The number of nitrogens with one attached hydrogen (secondary N) is 2. The summed E-state index contributed by atoms with van der Waals surface area (Å²) in [5.74, 6) is 0.0994. The van der Waals surface area contributed by atoms with Crippen molar-refractivity contribution >= 4 is 5.91 Å². The van der Waals surface area contributed by atoms with E-state index >= 15 is 0 Å². The predicted octanol–water partition coefficient (Wildman–Crippen LogP) is -0.499. The second kappa shape index (κ2) is 5.11. The van der Waals surface area contributed by atoms with E-state index in [4.69, 9.17) is 4.74 Å². The van der Waals surface area contributed by atoms with Crippen molar-refractivity contribution in [3.63, 3.8) is 0 Å². The number of hydrogen-bond donors (Lipinski definition) is 2. The number of morpholine rings is 1. The molecule has 12 heavy (non-hydrogen) atoms. The molecule has 1 aliphatic rings. The second-order valence-electron chi connectivity index (χ2n) is 2.94. The Kier molecular flexibility index (Phi) is 4.04. The van der Waals surface area contributed by atoms with Crippen LogP contribution >= 0.6 is 0 Å². The van der Waals surface area contributed by atoms with Gasteiger partial charge in [0.15, 0.2) is 0 Å². The van der Waals surface area contributed by atoms with Gasteiger partial charge < -0.3 is 15.4 Å². The molecular formula is C8H16N2O2. The summed E-state index contributed by atoms with van der Waals surface area (Å²) in [6.45, 7) is 2.42. The summed E-state index contributed by atoms with van der Waals surface area (Å²) >= 11 is 0. The highest BCUT2D eigenvalue weighted by atomic mass is 16.5. The van der Waals surface area contributed by atoms with E-state index < -0.39 is 0 Å². The van der Waals surface area contributed by atoms with Gasteiger partial charge in [0.05, 0.1) is 13.2 Å². The molecule has 1 atom stereocenters. The van der Waals surface area contributed by atoms with E-state index in [1.165, 1.54) is 0 Å². The first-order chi connectivity index (χ1) is 5.83. The summed E-state index contributed by atoms with van der Waals surface area (Å²) in [7, 11) is 1.66. The third-order valence-electron chi connectivity index (χ3n) is 2.00. The average Bonchev–Trinajstić information content (AvgIpc) is 2.16. The molecule has 0 spiro atoms. The largest absolute Gasteiger partial charge is 0.379 e. The van der Waals surface area contributed by atoms with Gasteiger partial charge in [0, 0.05) is 26.1 Å². The van der Waals surface area contributed by atoms with Gasteiger partial charge in [0.25, 0.3) is 0 Å². The molecule has 1 unspecified atom stereocenters. The summed E-state index contributed by atoms with van der Waals surface area (Å²) < 4.78 is 5.25. The minimum absolute atomic E-state index is 0.0994. The Balaban J connectivity index is 2.09. The summed E-state index contributed by atoms with van der Waals surface area (Å²) in [5, 5.41) is 5.89. The maximum Gasteiger partial charge on any atom is 0.219 e. The topological polar surface area (TPSA) is 50.4 Å². The van der Waals surface area contributed by atoms with Crippen molar-refractivity contribution in [3.05, 3.63) is 0 Å². The molecule has 0 aliphatic carbocycles. The summed E-state index contributed by atoms with van der Waals surface area (Å²) in [5.41, 5.74) is 0. The first-order valence-corrected chi connectivity index (χ1v) is 4.34. The van der Waals surface area contributed by atoms with Gasteiger partial charge in [-0.2, -0.15) is 0 Å². The van der Waals surface area contributed by atoms with E-state index in [2.05, 4.69) is 10.6 Å².